The third kappa shape index (κ3) is 5.61. The van der Waals surface area contributed by atoms with Gasteiger partial charge in [-0.2, -0.15) is 0 Å². The molecule has 0 aliphatic carbocycles. The summed E-state index contributed by atoms with van der Waals surface area (Å²) < 4.78 is 9.34. The van der Waals surface area contributed by atoms with Crippen LogP contribution in [0.15, 0.2) is 82.6 Å². The van der Waals surface area contributed by atoms with Crippen LogP contribution in [0.3, 0.4) is 0 Å². The van der Waals surface area contributed by atoms with Crippen LogP contribution in [0.25, 0.3) is 21.5 Å². The average molecular weight is 581 g/mol. The molecule has 12 heteroatoms. The summed E-state index contributed by atoms with van der Waals surface area (Å²) in [6.45, 7) is 3.82. The summed E-state index contributed by atoms with van der Waals surface area (Å²) >= 11 is 1.62. The number of anilines is 4. The van der Waals surface area contributed by atoms with Crippen LogP contribution < -0.4 is 10.6 Å². The molecule has 0 saturated carbocycles. The zero-order chi connectivity index (χ0) is 28.2. The van der Waals surface area contributed by atoms with Crippen LogP contribution in [0.4, 0.5) is 22.7 Å². The first-order valence-electron chi connectivity index (χ1n) is 11.9. The Morgan fingerprint density at radius 2 is 0.975 bits per heavy atom. The van der Waals surface area contributed by atoms with Crippen molar-refractivity contribution in [2.24, 2.45) is 0 Å². The monoisotopic (exact) mass is 580 g/mol. The molecular weight excluding hydrogens is 556 g/mol. The molecule has 0 spiro atoms. The molecular formula is C28H24N2O8S2. The molecule has 0 bridgehead atoms. The molecule has 5 rings (SSSR count). The fourth-order valence-corrected chi connectivity index (χ4v) is 5.56. The van der Waals surface area contributed by atoms with Gasteiger partial charge < -0.3 is 20.8 Å². The lowest BCUT2D eigenvalue weighted by atomic mass is 9.97. The van der Waals surface area contributed by atoms with Crippen molar-refractivity contribution in [2.75, 3.05) is 10.6 Å². The highest BCUT2D eigenvalue weighted by Gasteiger charge is 2.21. The lowest BCUT2D eigenvalue weighted by molar-refractivity contribution is -0.432. The SMILES string of the molecule is Cc1ccc(Nc2ccc(Nc3ccc(C)cc3SOOO)c3c(O)c4ccccc4c(O)c23)c(SOOO)c1. The van der Waals surface area contributed by atoms with Gasteiger partial charge in [0.2, 0.25) is 0 Å². The maximum Gasteiger partial charge on any atom is 0.133 e. The highest BCUT2D eigenvalue weighted by atomic mass is 32.2. The van der Waals surface area contributed by atoms with Crippen LogP contribution in [-0.2, 0) is 18.7 Å². The molecule has 0 radical (unpaired) electrons. The van der Waals surface area contributed by atoms with E-state index in [-0.39, 0.29) is 11.5 Å². The molecule has 10 nitrogen and oxygen atoms in total. The second kappa shape index (κ2) is 12.2. The molecule has 0 fully saturated rings. The van der Waals surface area contributed by atoms with Crippen molar-refractivity contribution in [2.45, 2.75) is 23.6 Å². The fraction of sp³-hybridized carbons (Fsp3) is 0.0714. The van der Waals surface area contributed by atoms with Crippen LogP contribution >= 0.6 is 24.1 Å². The van der Waals surface area contributed by atoms with Crippen LogP contribution in [0.2, 0.25) is 0 Å². The smallest absolute Gasteiger partial charge is 0.133 e. The van der Waals surface area contributed by atoms with E-state index in [4.69, 9.17) is 10.5 Å². The van der Waals surface area contributed by atoms with Crippen molar-refractivity contribution in [3.05, 3.63) is 83.9 Å². The number of phenols is 2. The Morgan fingerprint density at radius 1 is 0.575 bits per heavy atom. The number of hydrogen-bond donors (Lipinski definition) is 6. The molecule has 0 saturated heterocycles. The highest BCUT2D eigenvalue weighted by molar-refractivity contribution is 7.95. The largest absolute Gasteiger partial charge is 0.507 e. The minimum atomic E-state index is -0.0266. The molecule has 0 atom stereocenters. The zero-order valence-corrected chi connectivity index (χ0v) is 22.8. The normalized spacial score (nSPS) is 11.3. The van der Waals surface area contributed by atoms with Gasteiger partial charge in [-0.15, -0.1) is 8.67 Å². The maximum atomic E-state index is 11.5. The standard InChI is InChI=1S/C28H24N2O8S2/c1-15-7-9-19(23(13-15)39-37-35-33)29-21-11-12-22(30-20-10-8-16(2)14-24(20)40-38-36-34)26-25(21)27(31)17-5-3-4-6-18(17)28(26)32/h3-14,29-34H,1-2H3. The number of aromatic hydroxyl groups is 2. The summed E-state index contributed by atoms with van der Waals surface area (Å²) in [5.41, 5.74) is 4.14. The Kier molecular flexibility index (Phi) is 8.49. The van der Waals surface area contributed by atoms with Gasteiger partial charge in [-0.3, -0.25) is 0 Å². The Hall–Kier alpha value is -3.72. The van der Waals surface area contributed by atoms with Crippen LogP contribution in [0.1, 0.15) is 11.1 Å². The molecule has 0 aliphatic heterocycles. The first kappa shape index (κ1) is 27.8. The molecule has 0 amide bonds. The number of nitrogens with one attached hydrogen (secondary N) is 2. The number of aryl methyl sites for hydroxylation is 2. The average Bonchev–Trinajstić information content (AvgIpc) is 2.96. The fourth-order valence-electron chi connectivity index (χ4n) is 4.47. The Labute approximate surface area is 237 Å². The van der Waals surface area contributed by atoms with Crippen molar-refractivity contribution in [1.29, 1.82) is 0 Å². The second-order valence-electron chi connectivity index (χ2n) is 8.85. The van der Waals surface area contributed by atoms with Gasteiger partial charge in [-0.05, 0) is 61.4 Å². The van der Waals surface area contributed by atoms with E-state index in [0.29, 0.717) is 54.1 Å². The molecule has 0 heterocycles. The van der Waals surface area contributed by atoms with E-state index < -0.39 is 0 Å². The minimum absolute atomic E-state index is 0.0266. The van der Waals surface area contributed by atoms with Gasteiger partial charge in [0.1, 0.15) is 11.5 Å². The summed E-state index contributed by atoms with van der Waals surface area (Å²) in [5, 5.41) is 56.2. The number of phenolic OH excluding ortho intramolecular Hbond substituents is 2. The van der Waals surface area contributed by atoms with Crippen molar-refractivity contribution >= 4 is 68.4 Å². The van der Waals surface area contributed by atoms with E-state index in [1.165, 1.54) is 0 Å². The van der Waals surface area contributed by atoms with Crippen LogP contribution in [-0.4, -0.2) is 20.7 Å². The molecule has 5 aromatic carbocycles. The first-order chi connectivity index (χ1) is 19.4. The number of fused-ring (bicyclic) bond motifs is 2. The van der Waals surface area contributed by atoms with E-state index in [2.05, 4.69) is 29.4 Å². The number of benzene rings is 5. The minimum Gasteiger partial charge on any atom is -0.507 e. The first-order valence-corrected chi connectivity index (χ1v) is 13.3. The van der Waals surface area contributed by atoms with E-state index >= 15 is 0 Å². The van der Waals surface area contributed by atoms with E-state index in [1.54, 1.807) is 36.4 Å². The van der Waals surface area contributed by atoms with E-state index in [0.717, 1.165) is 35.2 Å². The van der Waals surface area contributed by atoms with E-state index in [1.807, 2.05) is 50.2 Å². The van der Waals surface area contributed by atoms with Crippen molar-refractivity contribution in [3.8, 4) is 11.5 Å². The highest BCUT2D eigenvalue weighted by Crippen LogP contribution is 2.49. The topological polar surface area (TPSA) is 142 Å². The molecule has 5 aromatic rings. The molecule has 206 valence electrons. The predicted molar refractivity (Wildman–Crippen MR) is 155 cm³/mol. The van der Waals surface area contributed by atoms with Crippen LogP contribution in [0.5, 0.6) is 11.5 Å². The summed E-state index contributed by atoms with van der Waals surface area (Å²) in [6.07, 6.45) is 0. The van der Waals surface area contributed by atoms with Crippen molar-refractivity contribution < 1.29 is 39.5 Å². The third-order valence-corrected chi connectivity index (χ3v) is 7.53. The predicted octanol–water partition coefficient (Wildman–Crippen LogP) is 8.36. The molecule has 0 aromatic heterocycles. The Bertz CT molecular complexity index is 1580. The molecule has 0 aliphatic rings. The van der Waals surface area contributed by atoms with Gasteiger partial charge in [0.25, 0.3) is 0 Å². The van der Waals surface area contributed by atoms with Gasteiger partial charge in [-0.25, -0.2) is 10.5 Å². The summed E-state index contributed by atoms with van der Waals surface area (Å²) in [7, 11) is 0. The lowest BCUT2D eigenvalue weighted by Gasteiger charge is -2.20. The van der Waals surface area contributed by atoms with Gasteiger partial charge in [0.15, 0.2) is 0 Å². The quantitative estimate of drug-likeness (QED) is 0.0311. The summed E-state index contributed by atoms with van der Waals surface area (Å²) in [5.74, 6) is -0.0531. The summed E-state index contributed by atoms with van der Waals surface area (Å²) in [4.78, 5) is 1.22. The Balaban J connectivity index is 1.69. The lowest BCUT2D eigenvalue weighted by Crippen LogP contribution is -1.99. The number of rotatable bonds is 10. The molecule has 40 heavy (non-hydrogen) atoms. The maximum absolute atomic E-state index is 11.5. The second-order valence-corrected chi connectivity index (χ2v) is 10.3. The van der Waals surface area contributed by atoms with Gasteiger partial charge in [0, 0.05) is 10.8 Å². The zero-order valence-electron chi connectivity index (χ0n) is 21.2. The summed E-state index contributed by atoms with van der Waals surface area (Å²) in [6, 6.07) is 21.7. The van der Waals surface area contributed by atoms with Crippen molar-refractivity contribution in [1.82, 2.24) is 0 Å². The molecule has 0 unspecified atom stereocenters. The van der Waals surface area contributed by atoms with Crippen LogP contribution in [0, 0.1) is 13.8 Å². The van der Waals surface area contributed by atoms with Crippen molar-refractivity contribution in [3.63, 3.8) is 0 Å². The van der Waals surface area contributed by atoms with Gasteiger partial charge >= 0.3 is 0 Å². The Morgan fingerprint density at radius 3 is 1.38 bits per heavy atom. The van der Waals surface area contributed by atoms with E-state index in [9.17, 15) is 10.2 Å². The van der Waals surface area contributed by atoms with Gasteiger partial charge in [-0.1, -0.05) is 46.5 Å². The third-order valence-electron chi connectivity index (χ3n) is 6.24. The van der Waals surface area contributed by atoms with Gasteiger partial charge in [0.05, 0.1) is 67.4 Å². The molecule has 6 N–H and O–H groups in total. The number of hydrogen-bond acceptors (Lipinski definition) is 12.